The maximum absolute atomic E-state index is 13.4. The number of carbonyl (C=O) groups is 1. The smallest absolute Gasteiger partial charge is 0.326 e. The number of ether oxygens (including phenoxy) is 2. The summed E-state index contributed by atoms with van der Waals surface area (Å²) in [5.74, 6) is -0.468. The molecule has 1 fully saturated rings. The van der Waals surface area contributed by atoms with Gasteiger partial charge in [-0.2, -0.15) is 0 Å². The number of hydrogen-bond acceptors (Lipinski definition) is 4. The van der Waals surface area contributed by atoms with E-state index >= 15 is 0 Å². The van der Waals surface area contributed by atoms with Gasteiger partial charge in [0.15, 0.2) is 11.6 Å². The number of benzene rings is 1. The summed E-state index contributed by atoms with van der Waals surface area (Å²) in [5, 5.41) is 0. The largest absolute Gasteiger partial charge is 0.491 e. The average molecular weight is 295 g/mol. The van der Waals surface area contributed by atoms with Gasteiger partial charge in [0.05, 0.1) is 13.2 Å². The van der Waals surface area contributed by atoms with Crippen molar-refractivity contribution in [3.63, 3.8) is 0 Å². The molecule has 0 bridgehead atoms. The SMILES string of the molecule is CCOC(=O)C1(N)CCCC1CCOc1ccccc1F. The summed E-state index contributed by atoms with van der Waals surface area (Å²) >= 11 is 0. The van der Waals surface area contributed by atoms with E-state index in [1.165, 1.54) is 6.07 Å². The minimum absolute atomic E-state index is 0.0170. The molecule has 2 atom stereocenters. The minimum atomic E-state index is -0.922. The van der Waals surface area contributed by atoms with E-state index < -0.39 is 5.54 Å². The van der Waals surface area contributed by atoms with Crippen molar-refractivity contribution in [1.29, 1.82) is 0 Å². The Hall–Kier alpha value is -1.62. The molecule has 0 aliphatic heterocycles. The molecule has 2 unspecified atom stereocenters. The molecular weight excluding hydrogens is 273 g/mol. The van der Waals surface area contributed by atoms with Crippen LogP contribution in [0.3, 0.4) is 0 Å². The molecule has 21 heavy (non-hydrogen) atoms. The zero-order valence-corrected chi connectivity index (χ0v) is 12.3. The van der Waals surface area contributed by atoms with Crippen LogP contribution in [0.25, 0.3) is 0 Å². The van der Waals surface area contributed by atoms with Gasteiger partial charge in [0.2, 0.25) is 0 Å². The summed E-state index contributed by atoms with van der Waals surface area (Å²) in [6, 6.07) is 6.28. The highest BCUT2D eigenvalue weighted by atomic mass is 19.1. The molecule has 5 heteroatoms. The zero-order chi connectivity index (χ0) is 15.3. The quantitative estimate of drug-likeness (QED) is 0.820. The van der Waals surface area contributed by atoms with E-state index in [0.717, 1.165) is 12.8 Å². The van der Waals surface area contributed by atoms with Gasteiger partial charge in [-0.3, -0.25) is 4.79 Å². The van der Waals surface area contributed by atoms with Gasteiger partial charge in [0, 0.05) is 0 Å². The second-order valence-corrected chi connectivity index (χ2v) is 5.42. The first-order valence-electron chi connectivity index (χ1n) is 7.41. The van der Waals surface area contributed by atoms with Crippen molar-refractivity contribution in [1.82, 2.24) is 0 Å². The molecule has 0 radical (unpaired) electrons. The molecule has 1 aliphatic carbocycles. The predicted octanol–water partition coefficient (Wildman–Crippen LogP) is 2.66. The molecule has 2 N–H and O–H groups in total. The first kappa shape index (κ1) is 15.8. The number of carbonyl (C=O) groups excluding carboxylic acids is 1. The highest BCUT2D eigenvalue weighted by Gasteiger charge is 2.46. The molecule has 0 heterocycles. The minimum Gasteiger partial charge on any atom is -0.491 e. The van der Waals surface area contributed by atoms with E-state index in [0.29, 0.717) is 26.1 Å². The van der Waals surface area contributed by atoms with Crippen LogP contribution in [0.5, 0.6) is 5.75 Å². The number of rotatable bonds is 6. The van der Waals surface area contributed by atoms with Gasteiger partial charge in [-0.05, 0) is 44.2 Å². The number of para-hydroxylation sites is 1. The molecule has 4 nitrogen and oxygen atoms in total. The van der Waals surface area contributed by atoms with Gasteiger partial charge in [0.1, 0.15) is 5.54 Å². The van der Waals surface area contributed by atoms with Crippen LogP contribution in [0, 0.1) is 11.7 Å². The molecule has 1 aliphatic rings. The summed E-state index contributed by atoms with van der Waals surface area (Å²) in [6.07, 6.45) is 3.02. The van der Waals surface area contributed by atoms with Gasteiger partial charge in [-0.25, -0.2) is 4.39 Å². The normalized spacial score (nSPS) is 24.8. The zero-order valence-electron chi connectivity index (χ0n) is 12.3. The van der Waals surface area contributed by atoms with Crippen molar-refractivity contribution >= 4 is 5.97 Å². The molecule has 1 aromatic rings. The third kappa shape index (κ3) is 3.53. The third-order valence-corrected chi connectivity index (χ3v) is 4.09. The molecule has 1 saturated carbocycles. The van der Waals surface area contributed by atoms with E-state index in [9.17, 15) is 9.18 Å². The van der Waals surface area contributed by atoms with E-state index in [2.05, 4.69) is 0 Å². The van der Waals surface area contributed by atoms with E-state index in [1.54, 1.807) is 25.1 Å². The molecule has 0 aromatic heterocycles. The van der Waals surface area contributed by atoms with E-state index in [-0.39, 0.29) is 23.5 Å². The fourth-order valence-electron chi connectivity index (χ4n) is 2.91. The molecular formula is C16H22FNO3. The van der Waals surface area contributed by atoms with Gasteiger partial charge < -0.3 is 15.2 Å². The number of nitrogens with two attached hydrogens (primary N) is 1. The molecule has 0 saturated heterocycles. The van der Waals surface area contributed by atoms with Crippen molar-refractivity contribution in [3.8, 4) is 5.75 Å². The summed E-state index contributed by atoms with van der Waals surface area (Å²) in [4.78, 5) is 12.0. The van der Waals surface area contributed by atoms with Gasteiger partial charge in [0.25, 0.3) is 0 Å². The molecule has 2 rings (SSSR count). The highest BCUT2D eigenvalue weighted by Crippen LogP contribution is 2.37. The van der Waals surface area contributed by atoms with Crippen LogP contribution in [-0.4, -0.2) is 24.7 Å². The fraction of sp³-hybridized carbons (Fsp3) is 0.562. The standard InChI is InChI=1S/C16H22FNO3/c1-2-20-15(19)16(18)10-5-6-12(16)9-11-21-14-8-4-3-7-13(14)17/h3-4,7-8,12H,2,5-6,9-11,18H2,1H3. The molecule has 0 spiro atoms. The number of hydrogen-bond donors (Lipinski definition) is 1. The van der Waals surface area contributed by atoms with Crippen molar-refractivity contribution in [2.75, 3.05) is 13.2 Å². The highest BCUT2D eigenvalue weighted by molar-refractivity contribution is 5.81. The van der Waals surface area contributed by atoms with Gasteiger partial charge in [-0.1, -0.05) is 18.6 Å². The van der Waals surface area contributed by atoms with Crippen molar-refractivity contribution < 1.29 is 18.7 Å². The maximum atomic E-state index is 13.4. The topological polar surface area (TPSA) is 61.5 Å². The van der Waals surface area contributed by atoms with Crippen LogP contribution in [-0.2, 0) is 9.53 Å². The average Bonchev–Trinajstić information content (AvgIpc) is 2.84. The van der Waals surface area contributed by atoms with Crippen LogP contribution < -0.4 is 10.5 Å². The number of esters is 1. The Balaban J connectivity index is 1.90. The van der Waals surface area contributed by atoms with E-state index in [4.69, 9.17) is 15.2 Å². The monoisotopic (exact) mass is 295 g/mol. The summed E-state index contributed by atoms with van der Waals surface area (Å²) < 4.78 is 24.0. The molecule has 1 aromatic carbocycles. The third-order valence-electron chi connectivity index (χ3n) is 4.09. The number of halogens is 1. The lowest BCUT2D eigenvalue weighted by Gasteiger charge is -2.28. The lowest BCUT2D eigenvalue weighted by atomic mass is 9.86. The van der Waals surface area contributed by atoms with Crippen LogP contribution in [0.2, 0.25) is 0 Å². The Morgan fingerprint density at radius 3 is 2.95 bits per heavy atom. The summed E-state index contributed by atoms with van der Waals surface area (Å²) in [5.41, 5.74) is 5.32. The lowest BCUT2D eigenvalue weighted by Crippen LogP contribution is -2.52. The second kappa shape index (κ2) is 6.89. The van der Waals surface area contributed by atoms with Crippen molar-refractivity contribution in [3.05, 3.63) is 30.1 Å². The van der Waals surface area contributed by atoms with Crippen molar-refractivity contribution in [2.45, 2.75) is 38.1 Å². The first-order chi connectivity index (χ1) is 10.1. The molecule has 116 valence electrons. The molecule has 0 amide bonds. The fourth-order valence-corrected chi connectivity index (χ4v) is 2.91. The Morgan fingerprint density at radius 1 is 1.48 bits per heavy atom. The Kier molecular flexibility index (Phi) is 5.17. The first-order valence-corrected chi connectivity index (χ1v) is 7.41. The summed E-state index contributed by atoms with van der Waals surface area (Å²) in [7, 11) is 0. The maximum Gasteiger partial charge on any atom is 0.326 e. The van der Waals surface area contributed by atoms with Crippen LogP contribution in [0.15, 0.2) is 24.3 Å². The van der Waals surface area contributed by atoms with E-state index in [1.807, 2.05) is 0 Å². The van der Waals surface area contributed by atoms with Crippen LogP contribution in [0.1, 0.15) is 32.6 Å². The van der Waals surface area contributed by atoms with Crippen molar-refractivity contribution in [2.24, 2.45) is 11.7 Å². The Bertz CT molecular complexity index is 494. The van der Waals surface area contributed by atoms with Gasteiger partial charge in [-0.15, -0.1) is 0 Å². The Labute approximate surface area is 124 Å². The van der Waals surface area contributed by atoms with Crippen LogP contribution >= 0.6 is 0 Å². The van der Waals surface area contributed by atoms with Gasteiger partial charge >= 0.3 is 5.97 Å². The summed E-state index contributed by atoms with van der Waals surface area (Å²) in [6.45, 7) is 2.44. The van der Waals surface area contributed by atoms with Crippen LogP contribution in [0.4, 0.5) is 4.39 Å². The Morgan fingerprint density at radius 2 is 2.24 bits per heavy atom. The predicted molar refractivity (Wildman–Crippen MR) is 77.4 cm³/mol. The lowest BCUT2D eigenvalue weighted by molar-refractivity contribution is -0.151. The second-order valence-electron chi connectivity index (χ2n) is 5.42.